The van der Waals surface area contributed by atoms with Crippen molar-refractivity contribution in [3.05, 3.63) is 29.6 Å². The number of hydrogen-bond acceptors (Lipinski definition) is 3. The summed E-state index contributed by atoms with van der Waals surface area (Å²) >= 11 is 0. The zero-order valence-electron chi connectivity index (χ0n) is 11.1. The molecule has 0 N–H and O–H groups in total. The number of nitriles is 1. The van der Waals surface area contributed by atoms with Crippen LogP contribution in [0.3, 0.4) is 0 Å². The van der Waals surface area contributed by atoms with Gasteiger partial charge in [0.15, 0.2) is 0 Å². The highest BCUT2D eigenvalue weighted by Gasteiger charge is 2.48. The van der Waals surface area contributed by atoms with Crippen LogP contribution >= 0.6 is 0 Å². The van der Waals surface area contributed by atoms with Crippen LogP contribution in [0.5, 0.6) is 0 Å². The number of piperidine rings is 1. The fourth-order valence-corrected chi connectivity index (χ4v) is 3.68. The highest BCUT2D eigenvalue weighted by atomic mass is 15.2. The Bertz CT molecular complexity index is 489. The van der Waals surface area contributed by atoms with E-state index in [2.05, 4.69) is 29.1 Å². The lowest BCUT2D eigenvalue weighted by Crippen LogP contribution is -2.47. The molecule has 3 atom stereocenters. The van der Waals surface area contributed by atoms with E-state index in [1.165, 1.54) is 12.8 Å². The van der Waals surface area contributed by atoms with Gasteiger partial charge in [0.25, 0.3) is 0 Å². The van der Waals surface area contributed by atoms with Gasteiger partial charge in [0, 0.05) is 24.5 Å². The van der Waals surface area contributed by atoms with Crippen LogP contribution in [-0.4, -0.2) is 29.0 Å². The molecule has 2 aliphatic rings. The van der Waals surface area contributed by atoms with Crippen LogP contribution in [-0.2, 0) is 5.41 Å². The minimum Gasteiger partial charge on any atom is -0.300 e. The topological polar surface area (TPSA) is 39.9 Å². The standard InChI is InChI=1S/C15H19N3/c1-11-5-12(9-17-8-11)15(10-16)6-13-3-4-14(7-15)18(13)2/h5,8-9,13-14H,3-4,6-7H2,1-2H3/t13-,14+,15?. The summed E-state index contributed by atoms with van der Waals surface area (Å²) < 4.78 is 0. The predicted octanol–water partition coefficient (Wildman–Crippen LogP) is 2.41. The highest BCUT2D eigenvalue weighted by Crippen LogP contribution is 2.46. The van der Waals surface area contributed by atoms with Gasteiger partial charge in [-0.3, -0.25) is 4.98 Å². The molecule has 2 aliphatic heterocycles. The van der Waals surface area contributed by atoms with E-state index < -0.39 is 0 Å². The average Bonchev–Trinajstić information content (AvgIpc) is 2.62. The molecule has 2 bridgehead atoms. The normalized spacial score (nSPS) is 35.4. The van der Waals surface area contributed by atoms with Crippen molar-refractivity contribution in [2.75, 3.05) is 7.05 Å². The van der Waals surface area contributed by atoms with Crippen LogP contribution in [0.25, 0.3) is 0 Å². The van der Waals surface area contributed by atoms with E-state index in [9.17, 15) is 5.26 Å². The van der Waals surface area contributed by atoms with Gasteiger partial charge >= 0.3 is 0 Å². The number of hydrogen-bond donors (Lipinski definition) is 0. The van der Waals surface area contributed by atoms with Crippen molar-refractivity contribution >= 4 is 0 Å². The Morgan fingerprint density at radius 1 is 1.33 bits per heavy atom. The predicted molar refractivity (Wildman–Crippen MR) is 70.1 cm³/mol. The molecule has 0 spiro atoms. The minimum atomic E-state index is -0.308. The van der Waals surface area contributed by atoms with Gasteiger partial charge < -0.3 is 4.90 Å². The molecule has 0 aliphatic carbocycles. The molecular formula is C15H19N3. The van der Waals surface area contributed by atoms with Crippen molar-refractivity contribution in [3.8, 4) is 6.07 Å². The third-order valence-corrected chi connectivity index (χ3v) is 4.79. The van der Waals surface area contributed by atoms with Crippen LogP contribution in [0.4, 0.5) is 0 Å². The van der Waals surface area contributed by atoms with Crippen molar-refractivity contribution in [3.63, 3.8) is 0 Å². The maximum atomic E-state index is 9.74. The summed E-state index contributed by atoms with van der Waals surface area (Å²) in [4.78, 5) is 6.75. The Hall–Kier alpha value is -1.40. The third kappa shape index (κ3) is 1.64. The van der Waals surface area contributed by atoms with E-state index in [0.29, 0.717) is 12.1 Å². The Kier molecular flexibility index (Phi) is 2.64. The first-order valence-corrected chi connectivity index (χ1v) is 6.70. The second-order valence-corrected chi connectivity index (χ2v) is 5.90. The average molecular weight is 241 g/mol. The lowest BCUT2D eigenvalue weighted by atomic mass is 9.71. The van der Waals surface area contributed by atoms with E-state index in [1.807, 2.05) is 19.3 Å². The maximum absolute atomic E-state index is 9.74. The molecule has 18 heavy (non-hydrogen) atoms. The molecule has 1 unspecified atom stereocenters. The largest absolute Gasteiger partial charge is 0.300 e. The number of rotatable bonds is 1. The number of aryl methyl sites for hydroxylation is 1. The summed E-state index contributed by atoms with van der Waals surface area (Å²) in [5, 5.41) is 9.74. The van der Waals surface area contributed by atoms with Crippen LogP contribution in [0, 0.1) is 18.3 Å². The van der Waals surface area contributed by atoms with E-state index >= 15 is 0 Å². The summed E-state index contributed by atoms with van der Waals surface area (Å²) in [6, 6.07) is 5.90. The van der Waals surface area contributed by atoms with Gasteiger partial charge in [0.1, 0.15) is 0 Å². The van der Waals surface area contributed by atoms with E-state index in [0.717, 1.165) is 24.0 Å². The van der Waals surface area contributed by atoms with Crippen molar-refractivity contribution in [1.29, 1.82) is 5.26 Å². The molecule has 0 amide bonds. The summed E-state index contributed by atoms with van der Waals surface area (Å²) in [6.45, 7) is 2.05. The van der Waals surface area contributed by atoms with Crippen LogP contribution in [0.2, 0.25) is 0 Å². The molecule has 0 saturated carbocycles. The number of nitrogens with zero attached hydrogens (tertiary/aromatic N) is 3. The van der Waals surface area contributed by atoms with E-state index in [-0.39, 0.29) is 5.41 Å². The highest BCUT2D eigenvalue weighted by molar-refractivity contribution is 5.35. The Morgan fingerprint density at radius 2 is 2.00 bits per heavy atom. The Morgan fingerprint density at radius 3 is 2.56 bits per heavy atom. The molecule has 3 rings (SSSR count). The first kappa shape index (κ1) is 11.7. The third-order valence-electron chi connectivity index (χ3n) is 4.79. The number of aromatic nitrogens is 1. The molecule has 3 nitrogen and oxygen atoms in total. The van der Waals surface area contributed by atoms with Gasteiger partial charge in [0.2, 0.25) is 0 Å². The monoisotopic (exact) mass is 241 g/mol. The molecule has 94 valence electrons. The second kappa shape index (κ2) is 4.07. The van der Waals surface area contributed by atoms with Crippen molar-refractivity contribution in [2.24, 2.45) is 0 Å². The zero-order valence-corrected chi connectivity index (χ0v) is 11.1. The van der Waals surface area contributed by atoms with Gasteiger partial charge in [-0.25, -0.2) is 0 Å². The fraction of sp³-hybridized carbons (Fsp3) is 0.600. The Balaban J connectivity index is 2.00. The Labute approximate surface area is 108 Å². The zero-order chi connectivity index (χ0) is 12.8. The summed E-state index contributed by atoms with van der Waals surface area (Å²) in [7, 11) is 2.21. The fourth-order valence-electron chi connectivity index (χ4n) is 3.68. The maximum Gasteiger partial charge on any atom is 0.0867 e. The van der Waals surface area contributed by atoms with Gasteiger partial charge in [-0.1, -0.05) is 6.07 Å². The van der Waals surface area contributed by atoms with Crippen molar-refractivity contribution < 1.29 is 0 Å². The first-order chi connectivity index (χ1) is 8.64. The second-order valence-electron chi connectivity index (χ2n) is 5.90. The van der Waals surface area contributed by atoms with Gasteiger partial charge in [0.05, 0.1) is 11.5 Å². The van der Waals surface area contributed by atoms with Crippen LogP contribution in [0.15, 0.2) is 18.5 Å². The summed E-state index contributed by atoms with van der Waals surface area (Å²) in [5.74, 6) is 0. The van der Waals surface area contributed by atoms with E-state index in [1.54, 1.807) is 0 Å². The number of fused-ring (bicyclic) bond motifs is 2. The quantitative estimate of drug-likeness (QED) is 0.758. The molecule has 0 radical (unpaired) electrons. The molecule has 3 heterocycles. The minimum absolute atomic E-state index is 0.308. The van der Waals surface area contributed by atoms with Gasteiger partial charge in [-0.05, 0) is 50.8 Å². The summed E-state index contributed by atoms with van der Waals surface area (Å²) in [6.07, 6.45) is 8.15. The van der Waals surface area contributed by atoms with Gasteiger partial charge in [-0.2, -0.15) is 5.26 Å². The van der Waals surface area contributed by atoms with Crippen molar-refractivity contribution in [2.45, 2.75) is 50.1 Å². The first-order valence-electron chi connectivity index (χ1n) is 6.70. The molecule has 2 saturated heterocycles. The smallest absolute Gasteiger partial charge is 0.0867 e. The molecule has 0 aromatic carbocycles. The summed E-state index contributed by atoms with van der Waals surface area (Å²) in [5.41, 5.74) is 1.96. The molecule has 1 aromatic rings. The van der Waals surface area contributed by atoms with Crippen molar-refractivity contribution in [1.82, 2.24) is 9.88 Å². The SMILES string of the molecule is Cc1cncc(C2(C#N)C[C@H]3CC[C@@H](C2)N3C)c1. The number of pyridine rings is 1. The van der Waals surface area contributed by atoms with Crippen LogP contribution < -0.4 is 0 Å². The lowest BCUT2D eigenvalue weighted by Gasteiger charge is -2.41. The molecule has 2 fully saturated rings. The van der Waals surface area contributed by atoms with E-state index in [4.69, 9.17) is 0 Å². The van der Waals surface area contributed by atoms with Gasteiger partial charge in [-0.15, -0.1) is 0 Å². The molecular weight excluding hydrogens is 222 g/mol. The van der Waals surface area contributed by atoms with Crippen LogP contribution in [0.1, 0.15) is 36.8 Å². The lowest BCUT2D eigenvalue weighted by molar-refractivity contribution is 0.135. The molecule has 3 heteroatoms. The molecule has 1 aromatic heterocycles.